The molecule has 1 amide bonds. The van der Waals surface area contributed by atoms with E-state index in [1.807, 2.05) is 0 Å². The van der Waals surface area contributed by atoms with Gasteiger partial charge in [-0.3, -0.25) is 4.79 Å². The second-order valence-corrected chi connectivity index (χ2v) is 7.20. The lowest BCUT2D eigenvalue weighted by molar-refractivity contribution is -0.139. The lowest BCUT2D eigenvalue weighted by Crippen LogP contribution is -2.21. The Morgan fingerprint density at radius 2 is 2.00 bits per heavy atom. The van der Waals surface area contributed by atoms with Gasteiger partial charge in [0.1, 0.15) is 11.5 Å². The van der Waals surface area contributed by atoms with E-state index in [1.54, 1.807) is 60.5 Å². The number of aliphatic imine (C=N–C) groups is 1. The topological polar surface area (TPSA) is 99.4 Å². The fraction of sp³-hybridized carbons (Fsp3) is 0.105. The number of carboxylic acid groups (broad SMARTS) is 1. The number of aromatic hydroxyl groups is 1. The minimum atomic E-state index is -1.11. The van der Waals surface area contributed by atoms with Gasteiger partial charge in [0, 0.05) is 23.3 Å². The molecule has 3 rings (SSSR count). The van der Waals surface area contributed by atoms with Gasteiger partial charge in [0.2, 0.25) is 0 Å². The lowest BCUT2D eigenvalue weighted by atomic mass is 10.2. The van der Waals surface area contributed by atoms with Crippen LogP contribution in [0.5, 0.6) is 11.5 Å². The van der Waals surface area contributed by atoms with Crippen LogP contribution >= 0.6 is 23.4 Å². The summed E-state index contributed by atoms with van der Waals surface area (Å²) in [4.78, 5) is 29.2. The molecule has 1 aliphatic heterocycles. The summed E-state index contributed by atoms with van der Waals surface area (Å²) in [5.74, 6) is -1.09. The Kier molecular flexibility index (Phi) is 5.91. The Morgan fingerprint density at radius 1 is 1.29 bits per heavy atom. The van der Waals surface area contributed by atoms with Crippen molar-refractivity contribution < 1.29 is 24.5 Å². The van der Waals surface area contributed by atoms with Gasteiger partial charge in [-0.2, -0.15) is 4.99 Å². The van der Waals surface area contributed by atoms with Crippen LogP contribution in [0.25, 0.3) is 6.08 Å². The van der Waals surface area contributed by atoms with Crippen molar-refractivity contribution in [2.45, 2.75) is 0 Å². The molecule has 9 heteroatoms. The van der Waals surface area contributed by atoms with Crippen LogP contribution in [0.3, 0.4) is 0 Å². The van der Waals surface area contributed by atoms with Crippen molar-refractivity contribution in [3.05, 3.63) is 58.0 Å². The van der Waals surface area contributed by atoms with Gasteiger partial charge in [-0.15, -0.1) is 0 Å². The number of nitrogens with zero attached hydrogens (tertiary/aromatic N) is 2. The van der Waals surface area contributed by atoms with Crippen molar-refractivity contribution in [2.24, 2.45) is 4.99 Å². The molecule has 0 bridgehead atoms. The highest BCUT2D eigenvalue weighted by Crippen LogP contribution is 2.34. The third kappa shape index (κ3) is 4.65. The summed E-state index contributed by atoms with van der Waals surface area (Å²) in [6, 6.07) is 11.2. The molecule has 0 atom stereocenters. The maximum Gasteiger partial charge on any atom is 0.341 e. The number of phenolic OH excluding ortho intramolecular Hbond substituents is 1. The van der Waals surface area contributed by atoms with Crippen molar-refractivity contribution in [3.63, 3.8) is 0 Å². The van der Waals surface area contributed by atoms with Gasteiger partial charge in [0.05, 0.1) is 4.91 Å². The predicted octanol–water partition coefficient (Wildman–Crippen LogP) is 3.62. The molecule has 0 radical (unpaired) electrons. The first kappa shape index (κ1) is 19.8. The van der Waals surface area contributed by atoms with E-state index in [4.69, 9.17) is 21.4 Å². The second kappa shape index (κ2) is 8.37. The maximum atomic E-state index is 12.3. The number of hydrogen-bond acceptors (Lipinski definition) is 6. The quantitative estimate of drug-likeness (QED) is 0.715. The molecular weight excluding hydrogens is 404 g/mol. The summed E-state index contributed by atoms with van der Waals surface area (Å²) in [5.41, 5.74) is 1.24. The number of thioether (sulfide) groups is 1. The lowest BCUT2D eigenvalue weighted by Gasteiger charge is -2.17. The summed E-state index contributed by atoms with van der Waals surface area (Å²) in [6.45, 7) is -0.510. The Labute approximate surface area is 169 Å². The molecule has 2 aromatic rings. The van der Waals surface area contributed by atoms with Gasteiger partial charge in [-0.05, 0) is 60.3 Å². The van der Waals surface area contributed by atoms with Crippen LogP contribution in [0, 0.1) is 0 Å². The van der Waals surface area contributed by atoms with Crippen LogP contribution in [0.4, 0.5) is 5.69 Å². The molecule has 1 heterocycles. The SMILES string of the molecule is CN(C1=NC(=O)/C(=C\c2cc(Cl)ccc2OCC(=O)O)S1)c1ccc(O)cc1. The Hall–Kier alpha value is -2.97. The molecule has 7 nitrogen and oxygen atoms in total. The average Bonchev–Trinajstić information content (AvgIpc) is 3.01. The highest BCUT2D eigenvalue weighted by Gasteiger charge is 2.25. The minimum Gasteiger partial charge on any atom is -0.508 e. The van der Waals surface area contributed by atoms with Crippen LogP contribution in [0.1, 0.15) is 5.56 Å². The number of anilines is 1. The number of hydrogen-bond donors (Lipinski definition) is 2. The molecule has 28 heavy (non-hydrogen) atoms. The highest BCUT2D eigenvalue weighted by atomic mass is 35.5. The number of amidine groups is 1. The van der Waals surface area contributed by atoms with E-state index in [9.17, 15) is 14.7 Å². The number of carbonyl (C=O) groups is 2. The van der Waals surface area contributed by atoms with Gasteiger partial charge in [-0.1, -0.05) is 11.6 Å². The van der Waals surface area contributed by atoms with Crippen molar-refractivity contribution in [1.82, 2.24) is 0 Å². The number of aliphatic carboxylic acids is 1. The molecule has 0 spiro atoms. The largest absolute Gasteiger partial charge is 0.508 e. The first-order chi connectivity index (χ1) is 13.3. The second-order valence-electron chi connectivity index (χ2n) is 5.75. The molecule has 0 aromatic heterocycles. The Balaban J connectivity index is 1.83. The van der Waals surface area contributed by atoms with Crippen LogP contribution in [0.2, 0.25) is 5.02 Å². The van der Waals surface area contributed by atoms with E-state index in [-0.39, 0.29) is 5.75 Å². The molecule has 0 unspecified atom stereocenters. The van der Waals surface area contributed by atoms with Crippen LogP contribution in [-0.4, -0.2) is 40.9 Å². The normalized spacial score (nSPS) is 14.9. The smallest absolute Gasteiger partial charge is 0.341 e. The number of amides is 1. The fourth-order valence-electron chi connectivity index (χ4n) is 2.37. The van der Waals surface area contributed by atoms with E-state index in [0.717, 1.165) is 5.69 Å². The summed E-state index contributed by atoms with van der Waals surface area (Å²) in [5, 5.41) is 19.1. The third-order valence-corrected chi connectivity index (χ3v) is 5.04. The van der Waals surface area contributed by atoms with E-state index in [1.165, 1.54) is 11.8 Å². The van der Waals surface area contributed by atoms with Gasteiger partial charge in [0.15, 0.2) is 11.8 Å². The van der Waals surface area contributed by atoms with Crippen molar-refractivity contribution in [2.75, 3.05) is 18.6 Å². The molecule has 0 fully saturated rings. The maximum absolute atomic E-state index is 12.3. The molecule has 0 saturated carbocycles. The first-order valence-corrected chi connectivity index (χ1v) is 9.22. The first-order valence-electron chi connectivity index (χ1n) is 8.03. The zero-order chi connectivity index (χ0) is 20.3. The highest BCUT2D eigenvalue weighted by molar-refractivity contribution is 8.18. The number of phenols is 1. The Bertz CT molecular complexity index is 988. The zero-order valence-electron chi connectivity index (χ0n) is 14.6. The number of halogens is 1. The standard InChI is InChI=1S/C19H15ClN2O5S/c1-22(13-3-5-14(23)6-4-13)19-21-18(26)16(28-19)9-11-8-12(20)2-7-15(11)27-10-17(24)25/h2-9,23H,10H2,1H3,(H,24,25)/b16-9+. The van der Waals surface area contributed by atoms with Crippen LogP contribution < -0.4 is 9.64 Å². The number of carboxylic acids is 1. The summed E-state index contributed by atoms with van der Waals surface area (Å²) < 4.78 is 5.26. The van der Waals surface area contributed by atoms with Crippen LogP contribution in [0.15, 0.2) is 52.4 Å². The summed E-state index contributed by atoms with van der Waals surface area (Å²) in [7, 11) is 1.76. The fourth-order valence-corrected chi connectivity index (χ4v) is 3.44. The predicted molar refractivity (Wildman–Crippen MR) is 109 cm³/mol. The van der Waals surface area contributed by atoms with Gasteiger partial charge in [-0.25, -0.2) is 4.79 Å². The average molecular weight is 419 g/mol. The van der Waals surface area contributed by atoms with Crippen molar-refractivity contribution >= 4 is 52.2 Å². The summed E-state index contributed by atoms with van der Waals surface area (Å²) in [6.07, 6.45) is 1.57. The molecular formula is C19H15ClN2O5S. The number of carbonyl (C=O) groups excluding carboxylic acids is 1. The molecule has 2 N–H and O–H groups in total. The molecule has 144 valence electrons. The monoisotopic (exact) mass is 418 g/mol. The van der Waals surface area contributed by atoms with Gasteiger partial charge < -0.3 is 19.8 Å². The zero-order valence-corrected chi connectivity index (χ0v) is 16.2. The Morgan fingerprint density at radius 3 is 2.68 bits per heavy atom. The van der Waals surface area contributed by atoms with E-state index in [0.29, 0.717) is 26.4 Å². The number of benzene rings is 2. The van der Waals surface area contributed by atoms with E-state index in [2.05, 4.69) is 4.99 Å². The van der Waals surface area contributed by atoms with Gasteiger partial charge >= 0.3 is 5.97 Å². The van der Waals surface area contributed by atoms with E-state index < -0.39 is 18.5 Å². The molecule has 0 saturated heterocycles. The molecule has 0 aliphatic carbocycles. The number of rotatable bonds is 5. The van der Waals surface area contributed by atoms with Gasteiger partial charge in [0.25, 0.3) is 5.91 Å². The number of ether oxygens (including phenoxy) is 1. The third-order valence-electron chi connectivity index (χ3n) is 3.74. The summed E-state index contributed by atoms with van der Waals surface area (Å²) >= 11 is 7.19. The van der Waals surface area contributed by atoms with Crippen molar-refractivity contribution in [3.8, 4) is 11.5 Å². The minimum absolute atomic E-state index is 0.143. The van der Waals surface area contributed by atoms with Crippen molar-refractivity contribution in [1.29, 1.82) is 0 Å². The molecule has 1 aliphatic rings. The molecule has 2 aromatic carbocycles. The van der Waals surface area contributed by atoms with E-state index >= 15 is 0 Å². The van der Waals surface area contributed by atoms with Crippen LogP contribution in [-0.2, 0) is 9.59 Å².